The number of fused-ring (bicyclic) bond motifs is 3. The maximum Gasteiger partial charge on any atom is 0.341 e. The Morgan fingerprint density at radius 1 is 1.38 bits per heavy atom. The van der Waals surface area contributed by atoms with Gasteiger partial charge in [0.05, 0.1) is 0 Å². The summed E-state index contributed by atoms with van der Waals surface area (Å²) in [5.74, 6) is 2.34. The zero-order chi connectivity index (χ0) is 18.3. The molecule has 9 nitrogen and oxygen atoms in total. The summed E-state index contributed by atoms with van der Waals surface area (Å²) < 4.78 is 0. The van der Waals surface area contributed by atoms with Crippen molar-refractivity contribution < 1.29 is 4.79 Å². The van der Waals surface area contributed by atoms with Gasteiger partial charge >= 0.3 is 5.69 Å². The van der Waals surface area contributed by atoms with Crippen LogP contribution in [0.1, 0.15) is 41.3 Å². The number of aromatic nitrogens is 5. The maximum absolute atomic E-state index is 12.8. The molecule has 2 bridgehead atoms. The Morgan fingerprint density at radius 2 is 2.23 bits per heavy atom. The third-order valence-electron chi connectivity index (χ3n) is 5.49. The lowest BCUT2D eigenvalue weighted by Crippen LogP contribution is -2.56. The molecule has 3 atom stereocenters. The van der Waals surface area contributed by atoms with Gasteiger partial charge in [0.2, 0.25) is 5.82 Å². The lowest BCUT2D eigenvalue weighted by molar-refractivity contribution is 0.00822. The third-order valence-corrected chi connectivity index (χ3v) is 5.49. The number of carbonyl (C=O) groups is 1. The molecular weight excluding hydrogens is 334 g/mol. The van der Waals surface area contributed by atoms with Crippen molar-refractivity contribution in [2.75, 3.05) is 18.4 Å². The number of hydrogen-bond donors (Lipinski definition) is 3. The van der Waals surface area contributed by atoms with Gasteiger partial charge in [-0.3, -0.25) is 9.78 Å². The topological polar surface area (TPSA) is 120 Å². The average Bonchev–Trinajstić information content (AvgIpc) is 3.08. The van der Waals surface area contributed by atoms with Crippen LogP contribution < -0.4 is 11.0 Å². The molecule has 3 unspecified atom stereocenters. The van der Waals surface area contributed by atoms with Gasteiger partial charge in [-0.2, -0.15) is 0 Å². The summed E-state index contributed by atoms with van der Waals surface area (Å²) in [4.78, 5) is 37.0. The predicted octanol–water partition coefficient (Wildman–Crippen LogP) is 0.858. The molecular formula is C17H23N7O2. The number of nitrogens with one attached hydrogen (secondary N) is 3. The van der Waals surface area contributed by atoms with Crippen molar-refractivity contribution in [3.8, 4) is 0 Å². The molecule has 3 aliphatic rings. The maximum atomic E-state index is 12.8. The Labute approximate surface area is 150 Å². The summed E-state index contributed by atoms with van der Waals surface area (Å²) in [6.45, 7) is 5.36. The molecule has 1 saturated carbocycles. The smallest absolute Gasteiger partial charge is 0.341 e. The zero-order valence-electron chi connectivity index (χ0n) is 15.0. The number of aromatic amines is 2. The minimum Gasteiger partial charge on any atom is -0.369 e. The van der Waals surface area contributed by atoms with Crippen molar-refractivity contribution in [3.63, 3.8) is 0 Å². The van der Waals surface area contributed by atoms with Crippen molar-refractivity contribution in [2.45, 2.75) is 39.2 Å². The van der Waals surface area contributed by atoms with Crippen molar-refractivity contribution >= 4 is 11.7 Å². The van der Waals surface area contributed by atoms with Crippen LogP contribution in [0.5, 0.6) is 0 Å². The highest BCUT2D eigenvalue weighted by molar-refractivity contribution is 5.90. The van der Waals surface area contributed by atoms with Crippen LogP contribution in [0.2, 0.25) is 0 Å². The lowest BCUT2D eigenvalue weighted by atomic mass is 9.72. The van der Waals surface area contributed by atoms with E-state index in [-0.39, 0.29) is 17.8 Å². The number of nitrogens with zero attached hydrogens (tertiary/aromatic N) is 4. The molecule has 3 fully saturated rings. The number of carbonyl (C=O) groups excluding carboxylic acids is 1. The first-order valence-corrected chi connectivity index (χ1v) is 9.01. The Bertz CT molecular complexity index is 874. The largest absolute Gasteiger partial charge is 0.369 e. The number of aryl methyl sites for hydroxylation is 2. The first-order chi connectivity index (χ1) is 12.5. The van der Waals surface area contributed by atoms with Gasteiger partial charge in [-0.15, -0.1) is 5.10 Å². The van der Waals surface area contributed by atoms with E-state index in [2.05, 4.69) is 30.5 Å². The van der Waals surface area contributed by atoms with E-state index in [4.69, 9.17) is 0 Å². The van der Waals surface area contributed by atoms with Gasteiger partial charge in [-0.25, -0.2) is 19.9 Å². The summed E-state index contributed by atoms with van der Waals surface area (Å²) in [6.07, 6.45) is 5.05. The molecule has 138 valence electrons. The highest BCUT2D eigenvalue weighted by atomic mass is 16.2. The van der Waals surface area contributed by atoms with Crippen LogP contribution in [0, 0.1) is 25.7 Å². The number of H-pyrrole nitrogens is 2. The van der Waals surface area contributed by atoms with E-state index in [1.807, 2.05) is 24.9 Å². The molecule has 0 spiro atoms. The SMILES string of the molecule is Cc1ncc(C)c(NCC2CC3CCC2N(C(=O)c2n[nH]c(=O)[nH]2)C3)n1. The molecule has 2 aromatic heterocycles. The van der Waals surface area contributed by atoms with E-state index >= 15 is 0 Å². The lowest BCUT2D eigenvalue weighted by Gasteiger charge is -2.49. The van der Waals surface area contributed by atoms with Crippen LogP contribution in [-0.2, 0) is 0 Å². The second-order valence-corrected chi connectivity index (χ2v) is 7.32. The summed E-state index contributed by atoms with van der Waals surface area (Å²) in [5.41, 5.74) is 0.557. The first-order valence-electron chi connectivity index (χ1n) is 9.01. The summed E-state index contributed by atoms with van der Waals surface area (Å²) >= 11 is 0. The van der Waals surface area contributed by atoms with Crippen molar-refractivity contribution in [3.05, 3.63) is 33.9 Å². The fourth-order valence-electron chi connectivity index (χ4n) is 4.23. The van der Waals surface area contributed by atoms with Crippen LogP contribution >= 0.6 is 0 Å². The molecule has 2 aliphatic heterocycles. The van der Waals surface area contributed by atoms with Gasteiger partial charge < -0.3 is 10.2 Å². The number of hydrogen-bond acceptors (Lipinski definition) is 6. The second-order valence-electron chi connectivity index (χ2n) is 7.32. The molecule has 4 heterocycles. The van der Waals surface area contributed by atoms with Crippen LogP contribution in [0.15, 0.2) is 11.0 Å². The minimum absolute atomic E-state index is 0.0940. The van der Waals surface area contributed by atoms with Gasteiger partial charge in [0.25, 0.3) is 5.91 Å². The fourth-order valence-corrected chi connectivity index (χ4v) is 4.23. The normalized spacial score (nSPS) is 24.7. The molecule has 26 heavy (non-hydrogen) atoms. The van der Waals surface area contributed by atoms with Crippen LogP contribution in [-0.4, -0.2) is 55.1 Å². The van der Waals surface area contributed by atoms with Gasteiger partial charge in [-0.05, 0) is 44.9 Å². The van der Waals surface area contributed by atoms with Crippen molar-refractivity contribution in [1.82, 2.24) is 30.0 Å². The Morgan fingerprint density at radius 3 is 2.96 bits per heavy atom. The number of amides is 1. The zero-order valence-corrected chi connectivity index (χ0v) is 15.0. The van der Waals surface area contributed by atoms with E-state index in [1.54, 1.807) is 0 Å². The molecule has 2 saturated heterocycles. The van der Waals surface area contributed by atoms with E-state index in [9.17, 15) is 9.59 Å². The molecule has 0 aromatic carbocycles. The van der Waals surface area contributed by atoms with E-state index in [1.165, 1.54) is 0 Å². The van der Waals surface area contributed by atoms with E-state index < -0.39 is 5.69 Å². The number of piperidine rings is 2. The Balaban J connectivity index is 1.48. The average molecular weight is 357 g/mol. The van der Waals surface area contributed by atoms with Gasteiger partial charge in [0.15, 0.2) is 0 Å². The van der Waals surface area contributed by atoms with Crippen molar-refractivity contribution in [1.29, 1.82) is 0 Å². The van der Waals surface area contributed by atoms with Gasteiger partial charge in [0, 0.05) is 30.9 Å². The fraction of sp³-hybridized carbons (Fsp3) is 0.588. The van der Waals surface area contributed by atoms with Crippen LogP contribution in [0.3, 0.4) is 0 Å². The molecule has 9 heteroatoms. The van der Waals surface area contributed by atoms with Crippen LogP contribution in [0.25, 0.3) is 0 Å². The van der Waals surface area contributed by atoms with E-state index in [0.717, 1.165) is 49.6 Å². The Kier molecular flexibility index (Phi) is 4.21. The molecule has 2 aromatic rings. The molecule has 5 rings (SSSR count). The van der Waals surface area contributed by atoms with E-state index in [0.29, 0.717) is 11.8 Å². The monoisotopic (exact) mass is 357 g/mol. The highest BCUT2D eigenvalue weighted by Gasteiger charge is 2.43. The predicted molar refractivity (Wildman–Crippen MR) is 94.9 cm³/mol. The van der Waals surface area contributed by atoms with Gasteiger partial charge in [0.1, 0.15) is 11.6 Å². The molecule has 3 N–H and O–H groups in total. The van der Waals surface area contributed by atoms with Crippen molar-refractivity contribution in [2.24, 2.45) is 11.8 Å². The summed E-state index contributed by atoms with van der Waals surface area (Å²) in [5, 5.41) is 9.51. The number of rotatable bonds is 4. The molecule has 1 amide bonds. The standard InChI is InChI=1S/C17H23N7O2/c1-9-6-18-10(2)20-14(9)19-7-12-5-11-3-4-13(12)24(8-11)16(25)15-21-17(26)23-22-15/h6,11-13H,3-5,7-8H2,1-2H3,(H,18,19,20)(H2,21,22,23,26). The first kappa shape index (κ1) is 16.7. The quantitative estimate of drug-likeness (QED) is 0.746. The Hall–Kier alpha value is -2.71. The summed E-state index contributed by atoms with van der Waals surface area (Å²) in [6, 6.07) is 0.156. The minimum atomic E-state index is -0.455. The summed E-state index contributed by atoms with van der Waals surface area (Å²) in [7, 11) is 0. The third kappa shape index (κ3) is 3.09. The number of anilines is 1. The molecule has 1 aliphatic carbocycles. The van der Waals surface area contributed by atoms with Gasteiger partial charge in [-0.1, -0.05) is 0 Å². The second kappa shape index (κ2) is 6.54. The van der Waals surface area contributed by atoms with Crippen LogP contribution in [0.4, 0.5) is 5.82 Å². The molecule has 0 radical (unpaired) electrons. The highest BCUT2D eigenvalue weighted by Crippen LogP contribution is 2.39.